The van der Waals surface area contributed by atoms with Gasteiger partial charge in [0.15, 0.2) is 0 Å². The minimum atomic E-state index is 0.127. The fourth-order valence-electron chi connectivity index (χ4n) is 2.68. The number of carbonyl (C=O) groups is 1. The first kappa shape index (κ1) is 11.9. The van der Waals surface area contributed by atoms with Gasteiger partial charge in [-0.1, -0.05) is 12.8 Å². The molecular weight excluding hydrogens is 206 g/mol. The first-order valence-electron chi connectivity index (χ1n) is 6.31. The van der Waals surface area contributed by atoms with E-state index in [1.165, 1.54) is 12.8 Å². The molecule has 0 spiro atoms. The molecule has 0 radical (unpaired) electrons. The van der Waals surface area contributed by atoms with E-state index in [4.69, 9.17) is 9.47 Å². The summed E-state index contributed by atoms with van der Waals surface area (Å²) in [6.45, 7) is 4.14. The number of nitrogens with zero attached hydrogens (tertiary/aromatic N) is 1. The number of morpholine rings is 1. The Kier molecular flexibility index (Phi) is 4.18. The number of hydrogen-bond acceptors (Lipinski definition) is 3. The Morgan fingerprint density at radius 1 is 1.44 bits per heavy atom. The molecule has 16 heavy (non-hydrogen) atoms. The van der Waals surface area contributed by atoms with Gasteiger partial charge in [0.1, 0.15) is 6.61 Å². The standard InChI is InChI=1S/C12H21NO3/c1-2-15-9-12(14)13-7-8-16-11-6-4-3-5-10(11)13/h10-11H,2-9H2,1H3. The average Bonchev–Trinajstić information content (AvgIpc) is 2.35. The number of rotatable bonds is 3. The van der Waals surface area contributed by atoms with Crippen molar-refractivity contribution in [3.63, 3.8) is 0 Å². The van der Waals surface area contributed by atoms with Crippen molar-refractivity contribution in [2.75, 3.05) is 26.4 Å². The molecule has 0 aromatic rings. The topological polar surface area (TPSA) is 38.8 Å². The molecular formula is C12H21NO3. The van der Waals surface area contributed by atoms with Crippen molar-refractivity contribution in [1.82, 2.24) is 4.90 Å². The Balaban J connectivity index is 1.93. The van der Waals surface area contributed by atoms with Crippen molar-refractivity contribution in [3.05, 3.63) is 0 Å². The molecule has 0 aromatic heterocycles. The van der Waals surface area contributed by atoms with E-state index in [2.05, 4.69) is 0 Å². The quantitative estimate of drug-likeness (QED) is 0.727. The highest BCUT2D eigenvalue weighted by Crippen LogP contribution is 2.28. The van der Waals surface area contributed by atoms with Crippen molar-refractivity contribution >= 4 is 5.91 Å². The molecule has 2 atom stereocenters. The minimum absolute atomic E-state index is 0.127. The van der Waals surface area contributed by atoms with E-state index < -0.39 is 0 Å². The molecule has 4 nitrogen and oxygen atoms in total. The van der Waals surface area contributed by atoms with Gasteiger partial charge in [0.05, 0.1) is 18.8 Å². The number of amides is 1. The zero-order valence-corrected chi connectivity index (χ0v) is 9.98. The van der Waals surface area contributed by atoms with Crippen LogP contribution in [0.1, 0.15) is 32.6 Å². The highest BCUT2D eigenvalue weighted by atomic mass is 16.5. The van der Waals surface area contributed by atoms with Crippen LogP contribution in [0.4, 0.5) is 0 Å². The predicted octanol–water partition coefficient (Wildman–Crippen LogP) is 1.19. The lowest BCUT2D eigenvalue weighted by Crippen LogP contribution is -2.55. The summed E-state index contributed by atoms with van der Waals surface area (Å²) in [7, 11) is 0. The monoisotopic (exact) mass is 227 g/mol. The van der Waals surface area contributed by atoms with Gasteiger partial charge in [0, 0.05) is 13.2 Å². The third-order valence-corrected chi connectivity index (χ3v) is 3.48. The van der Waals surface area contributed by atoms with Crippen LogP contribution >= 0.6 is 0 Å². The molecule has 2 aliphatic rings. The van der Waals surface area contributed by atoms with Gasteiger partial charge in [-0.15, -0.1) is 0 Å². The Bertz CT molecular complexity index is 242. The summed E-state index contributed by atoms with van der Waals surface area (Å²) in [5.74, 6) is 0.127. The molecule has 2 rings (SSSR count). The smallest absolute Gasteiger partial charge is 0.248 e. The minimum Gasteiger partial charge on any atom is -0.374 e. The van der Waals surface area contributed by atoms with Crippen molar-refractivity contribution in [2.45, 2.75) is 44.8 Å². The van der Waals surface area contributed by atoms with Crippen LogP contribution in [0, 0.1) is 0 Å². The number of ether oxygens (including phenoxy) is 2. The van der Waals surface area contributed by atoms with Gasteiger partial charge in [-0.3, -0.25) is 4.79 Å². The number of carbonyl (C=O) groups excluding carboxylic acids is 1. The highest BCUT2D eigenvalue weighted by Gasteiger charge is 2.36. The van der Waals surface area contributed by atoms with Crippen molar-refractivity contribution in [1.29, 1.82) is 0 Å². The lowest BCUT2D eigenvalue weighted by molar-refractivity contribution is -0.153. The van der Waals surface area contributed by atoms with Crippen LogP contribution in [0.3, 0.4) is 0 Å². The Hall–Kier alpha value is -0.610. The molecule has 1 aliphatic heterocycles. The van der Waals surface area contributed by atoms with Crippen LogP contribution in [0.2, 0.25) is 0 Å². The molecule has 1 saturated carbocycles. The summed E-state index contributed by atoms with van der Waals surface area (Å²) < 4.78 is 10.9. The van der Waals surface area contributed by atoms with Gasteiger partial charge in [-0.25, -0.2) is 0 Å². The maximum atomic E-state index is 12.0. The van der Waals surface area contributed by atoms with E-state index in [-0.39, 0.29) is 18.6 Å². The molecule has 0 N–H and O–H groups in total. The lowest BCUT2D eigenvalue weighted by atomic mass is 9.90. The van der Waals surface area contributed by atoms with Gasteiger partial charge >= 0.3 is 0 Å². The van der Waals surface area contributed by atoms with E-state index in [9.17, 15) is 4.79 Å². The largest absolute Gasteiger partial charge is 0.374 e. The highest BCUT2D eigenvalue weighted by molar-refractivity contribution is 5.78. The molecule has 1 aliphatic carbocycles. The molecule has 1 saturated heterocycles. The van der Waals surface area contributed by atoms with E-state index in [0.717, 1.165) is 19.4 Å². The molecule has 2 fully saturated rings. The molecule has 1 amide bonds. The van der Waals surface area contributed by atoms with Gasteiger partial charge in [0.2, 0.25) is 5.91 Å². The first-order valence-corrected chi connectivity index (χ1v) is 6.31. The van der Waals surface area contributed by atoms with E-state index >= 15 is 0 Å². The summed E-state index contributed by atoms with van der Waals surface area (Å²) >= 11 is 0. The van der Waals surface area contributed by atoms with Crippen LogP contribution < -0.4 is 0 Å². The van der Waals surface area contributed by atoms with E-state index in [1.54, 1.807) is 0 Å². The summed E-state index contributed by atoms with van der Waals surface area (Å²) in [5.41, 5.74) is 0. The second-order valence-electron chi connectivity index (χ2n) is 4.49. The van der Waals surface area contributed by atoms with E-state index in [1.807, 2.05) is 11.8 Å². The molecule has 92 valence electrons. The second-order valence-corrected chi connectivity index (χ2v) is 4.49. The van der Waals surface area contributed by atoms with Crippen LogP contribution in [-0.4, -0.2) is 49.3 Å². The Morgan fingerprint density at radius 2 is 2.25 bits per heavy atom. The number of fused-ring (bicyclic) bond motifs is 1. The third kappa shape index (κ3) is 2.55. The maximum Gasteiger partial charge on any atom is 0.248 e. The van der Waals surface area contributed by atoms with Crippen LogP contribution in [0.15, 0.2) is 0 Å². The van der Waals surface area contributed by atoms with Gasteiger partial charge in [-0.05, 0) is 19.8 Å². The third-order valence-electron chi connectivity index (χ3n) is 3.48. The summed E-state index contributed by atoms with van der Waals surface area (Å²) in [4.78, 5) is 13.9. The zero-order chi connectivity index (χ0) is 11.4. The fraction of sp³-hybridized carbons (Fsp3) is 0.917. The molecule has 0 bridgehead atoms. The van der Waals surface area contributed by atoms with Crippen LogP contribution in [-0.2, 0) is 14.3 Å². The first-order chi connectivity index (χ1) is 7.83. The second kappa shape index (κ2) is 5.64. The summed E-state index contributed by atoms with van der Waals surface area (Å²) in [6.07, 6.45) is 4.90. The van der Waals surface area contributed by atoms with Crippen molar-refractivity contribution in [2.24, 2.45) is 0 Å². The normalized spacial score (nSPS) is 29.9. The van der Waals surface area contributed by atoms with Gasteiger partial charge < -0.3 is 14.4 Å². The summed E-state index contributed by atoms with van der Waals surface area (Å²) in [6, 6.07) is 0.301. The molecule has 1 heterocycles. The lowest BCUT2D eigenvalue weighted by Gasteiger charge is -2.43. The fourth-order valence-corrected chi connectivity index (χ4v) is 2.68. The predicted molar refractivity (Wildman–Crippen MR) is 60.2 cm³/mol. The maximum absolute atomic E-state index is 12.0. The van der Waals surface area contributed by atoms with Crippen molar-refractivity contribution < 1.29 is 14.3 Å². The summed E-state index contributed by atoms with van der Waals surface area (Å²) in [5, 5.41) is 0. The molecule has 0 aromatic carbocycles. The van der Waals surface area contributed by atoms with Gasteiger partial charge in [0.25, 0.3) is 0 Å². The zero-order valence-electron chi connectivity index (χ0n) is 9.98. The van der Waals surface area contributed by atoms with Crippen LogP contribution in [0.25, 0.3) is 0 Å². The van der Waals surface area contributed by atoms with Crippen LogP contribution in [0.5, 0.6) is 0 Å². The number of hydrogen-bond donors (Lipinski definition) is 0. The SMILES string of the molecule is CCOCC(=O)N1CCOC2CCCCC21. The Labute approximate surface area is 96.9 Å². The molecule has 2 unspecified atom stereocenters. The van der Waals surface area contributed by atoms with E-state index in [0.29, 0.717) is 19.3 Å². The average molecular weight is 227 g/mol. The Morgan fingerprint density at radius 3 is 3.06 bits per heavy atom. The molecule has 4 heteroatoms. The van der Waals surface area contributed by atoms with Crippen molar-refractivity contribution in [3.8, 4) is 0 Å². The van der Waals surface area contributed by atoms with Gasteiger partial charge in [-0.2, -0.15) is 0 Å².